The molecule has 2 N–H and O–H groups in total. The fraction of sp³-hybridized carbons (Fsp3) is 0.429. The second-order valence-corrected chi connectivity index (χ2v) is 5.98. The first-order valence-electron chi connectivity index (χ1n) is 6.30. The number of nitrogens with two attached hydrogens (primary N) is 1. The third-order valence-corrected chi connectivity index (χ3v) is 3.18. The SMILES string of the molecule is CC(C)(C)n1c(CN)nnc1Cc1ccc(Cl)cc1. The van der Waals surface area contributed by atoms with Crippen LogP contribution in [-0.4, -0.2) is 14.8 Å². The van der Waals surface area contributed by atoms with Crippen LogP contribution < -0.4 is 5.73 Å². The summed E-state index contributed by atoms with van der Waals surface area (Å²) in [5, 5.41) is 9.19. The van der Waals surface area contributed by atoms with Gasteiger partial charge in [-0.25, -0.2) is 0 Å². The first-order chi connectivity index (χ1) is 8.91. The highest BCUT2D eigenvalue weighted by atomic mass is 35.5. The fourth-order valence-corrected chi connectivity index (χ4v) is 2.29. The number of aromatic nitrogens is 3. The Morgan fingerprint density at radius 1 is 1.11 bits per heavy atom. The minimum absolute atomic E-state index is 0.0834. The molecule has 0 aliphatic carbocycles. The maximum Gasteiger partial charge on any atom is 0.147 e. The molecule has 0 saturated heterocycles. The third kappa shape index (κ3) is 3.14. The molecule has 2 aromatic rings. The molecule has 0 fully saturated rings. The highest BCUT2D eigenvalue weighted by molar-refractivity contribution is 6.30. The number of benzene rings is 1. The predicted octanol–water partition coefficient (Wildman–Crippen LogP) is 2.74. The van der Waals surface area contributed by atoms with E-state index in [1.165, 1.54) is 0 Å². The molecule has 19 heavy (non-hydrogen) atoms. The van der Waals surface area contributed by atoms with Gasteiger partial charge >= 0.3 is 0 Å². The van der Waals surface area contributed by atoms with Crippen molar-refractivity contribution in [1.82, 2.24) is 14.8 Å². The molecule has 0 bridgehead atoms. The third-order valence-electron chi connectivity index (χ3n) is 2.93. The van der Waals surface area contributed by atoms with Gasteiger partial charge in [0.2, 0.25) is 0 Å². The summed E-state index contributed by atoms with van der Waals surface area (Å²) in [7, 11) is 0. The lowest BCUT2D eigenvalue weighted by Gasteiger charge is -2.24. The van der Waals surface area contributed by atoms with Gasteiger partial charge in [-0.3, -0.25) is 0 Å². The standard InChI is InChI=1S/C14H19ClN4/c1-14(2,3)19-12(17-18-13(19)9-16)8-10-4-6-11(15)7-5-10/h4-7H,8-9,16H2,1-3H3. The zero-order chi connectivity index (χ0) is 14.0. The van der Waals surface area contributed by atoms with E-state index in [0.29, 0.717) is 6.54 Å². The molecule has 5 heteroatoms. The Kier molecular flexibility index (Phi) is 3.92. The zero-order valence-electron chi connectivity index (χ0n) is 11.5. The van der Waals surface area contributed by atoms with Crippen LogP contribution in [0.1, 0.15) is 38.0 Å². The maximum atomic E-state index is 5.90. The van der Waals surface area contributed by atoms with Gasteiger partial charge in [-0.2, -0.15) is 0 Å². The van der Waals surface area contributed by atoms with Gasteiger partial charge in [0.15, 0.2) is 0 Å². The molecule has 0 spiro atoms. The Hall–Kier alpha value is -1.39. The van der Waals surface area contributed by atoms with Crippen LogP contribution in [0.25, 0.3) is 0 Å². The average Bonchev–Trinajstić information content (AvgIpc) is 2.75. The summed E-state index contributed by atoms with van der Waals surface area (Å²) in [6.07, 6.45) is 0.724. The van der Waals surface area contributed by atoms with Crippen molar-refractivity contribution in [3.05, 3.63) is 46.5 Å². The van der Waals surface area contributed by atoms with E-state index in [1.54, 1.807) is 0 Å². The van der Waals surface area contributed by atoms with Crippen LogP contribution in [0.4, 0.5) is 0 Å². The summed E-state index contributed by atoms with van der Waals surface area (Å²) >= 11 is 5.90. The van der Waals surface area contributed by atoms with E-state index >= 15 is 0 Å². The van der Waals surface area contributed by atoms with Gasteiger partial charge < -0.3 is 10.3 Å². The molecule has 0 unspecified atom stereocenters. The Balaban J connectivity index is 2.35. The lowest BCUT2D eigenvalue weighted by Crippen LogP contribution is -2.27. The van der Waals surface area contributed by atoms with Crippen molar-refractivity contribution >= 4 is 11.6 Å². The first kappa shape index (κ1) is 14.0. The monoisotopic (exact) mass is 278 g/mol. The highest BCUT2D eigenvalue weighted by Crippen LogP contribution is 2.21. The molecule has 1 heterocycles. The van der Waals surface area contributed by atoms with Crippen LogP contribution >= 0.6 is 11.6 Å². The molecular weight excluding hydrogens is 260 g/mol. The van der Waals surface area contributed by atoms with Gasteiger partial charge in [-0.15, -0.1) is 10.2 Å². The van der Waals surface area contributed by atoms with E-state index in [1.807, 2.05) is 24.3 Å². The summed E-state index contributed by atoms with van der Waals surface area (Å²) in [6, 6.07) is 7.79. The summed E-state index contributed by atoms with van der Waals surface area (Å²) in [5.74, 6) is 1.74. The molecule has 0 amide bonds. The quantitative estimate of drug-likeness (QED) is 0.939. The van der Waals surface area contributed by atoms with E-state index in [0.717, 1.165) is 28.7 Å². The normalized spacial score (nSPS) is 11.8. The Labute approximate surface area is 118 Å². The number of hydrogen-bond donors (Lipinski definition) is 1. The lowest BCUT2D eigenvalue weighted by atomic mass is 10.1. The van der Waals surface area contributed by atoms with Gasteiger partial charge in [-0.1, -0.05) is 23.7 Å². The molecule has 0 aliphatic rings. The average molecular weight is 279 g/mol. The van der Waals surface area contributed by atoms with Gasteiger partial charge in [-0.05, 0) is 38.5 Å². The topological polar surface area (TPSA) is 56.7 Å². The van der Waals surface area contributed by atoms with E-state index in [9.17, 15) is 0 Å². The molecule has 1 aromatic heterocycles. The molecule has 102 valence electrons. The van der Waals surface area contributed by atoms with Crippen molar-refractivity contribution < 1.29 is 0 Å². The van der Waals surface area contributed by atoms with Gasteiger partial charge in [0, 0.05) is 17.0 Å². The molecule has 2 rings (SSSR count). The maximum absolute atomic E-state index is 5.90. The van der Waals surface area contributed by atoms with Crippen LogP contribution in [0.3, 0.4) is 0 Å². The van der Waals surface area contributed by atoms with Gasteiger partial charge in [0.1, 0.15) is 11.6 Å². The molecule has 4 nitrogen and oxygen atoms in total. The van der Waals surface area contributed by atoms with Gasteiger partial charge in [0.05, 0.1) is 6.54 Å². The minimum Gasteiger partial charge on any atom is -0.324 e. The summed E-state index contributed by atoms with van der Waals surface area (Å²) in [5.41, 5.74) is 6.81. The van der Waals surface area contributed by atoms with Gasteiger partial charge in [0.25, 0.3) is 0 Å². The Morgan fingerprint density at radius 2 is 1.68 bits per heavy atom. The fourth-order valence-electron chi connectivity index (χ4n) is 2.16. The molecule has 0 aliphatic heterocycles. The van der Waals surface area contributed by atoms with Crippen LogP contribution in [0, 0.1) is 0 Å². The molecule has 1 aromatic carbocycles. The molecule has 0 radical (unpaired) electrons. The van der Waals surface area contributed by atoms with Crippen molar-refractivity contribution in [2.24, 2.45) is 5.73 Å². The first-order valence-corrected chi connectivity index (χ1v) is 6.68. The molecule has 0 atom stereocenters. The zero-order valence-corrected chi connectivity index (χ0v) is 12.3. The second-order valence-electron chi connectivity index (χ2n) is 5.55. The van der Waals surface area contributed by atoms with Crippen LogP contribution in [0.5, 0.6) is 0 Å². The largest absolute Gasteiger partial charge is 0.324 e. The van der Waals surface area contributed by atoms with E-state index in [-0.39, 0.29) is 5.54 Å². The lowest BCUT2D eigenvalue weighted by molar-refractivity contribution is 0.371. The predicted molar refractivity (Wildman–Crippen MR) is 77.2 cm³/mol. The summed E-state index contributed by atoms with van der Waals surface area (Å²) in [4.78, 5) is 0. The second kappa shape index (κ2) is 5.31. The van der Waals surface area contributed by atoms with Crippen molar-refractivity contribution in [1.29, 1.82) is 0 Å². The molecular formula is C14H19ClN4. The number of halogens is 1. The highest BCUT2D eigenvalue weighted by Gasteiger charge is 2.22. The van der Waals surface area contributed by atoms with Crippen molar-refractivity contribution in [3.63, 3.8) is 0 Å². The minimum atomic E-state index is -0.0834. The van der Waals surface area contributed by atoms with E-state index in [4.69, 9.17) is 17.3 Å². The number of nitrogens with zero attached hydrogens (tertiary/aromatic N) is 3. The Morgan fingerprint density at radius 3 is 2.21 bits per heavy atom. The number of hydrogen-bond acceptors (Lipinski definition) is 3. The van der Waals surface area contributed by atoms with Crippen molar-refractivity contribution in [2.45, 2.75) is 39.3 Å². The smallest absolute Gasteiger partial charge is 0.147 e. The van der Waals surface area contributed by atoms with Crippen LogP contribution in [0.15, 0.2) is 24.3 Å². The summed E-state index contributed by atoms with van der Waals surface area (Å²) in [6.45, 7) is 6.77. The van der Waals surface area contributed by atoms with Crippen molar-refractivity contribution in [3.8, 4) is 0 Å². The van der Waals surface area contributed by atoms with E-state index in [2.05, 4.69) is 35.5 Å². The van der Waals surface area contributed by atoms with Crippen molar-refractivity contribution in [2.75, 3.05) is 0 Å². The van der Waals surface area contributed by atoms with Crippen LogP contribution in [0.2, 0.25) is 5.02 Å². The molecule has 0 saturated carbocycles. The number of rotatable bonds is 3. The summed E-state index contributed by atoms with van der Waals surface area (Å²) < 4.78 is 2.11. The Bertz CT molecular complexity index is 552. The van der Waals surface area contributed by atoms with E-state index < -0.39 is 0 Å². The van der Waals surface area contributed by atoms with Crippen LogP contribution in [-0.2, 0) is 18.5 Å².